The summed E-state index contributed by atoms with van der Waals surface area (Å²) in [6.07, 6.45) is -5.99. The van der Waals surface area contributed by atoms with Crippen molar-refractivity contribution in [2.24, 2.45) is 11.5 Å². The van der Waals surface area contributed by atoms with Gasteiger partial charge >= 0.3 is 19.5 Å². The molecule has 0 aliphatic carbocycles. The van der Waals surface area contributed by atoms with Crippen LogP contribution in [-0.4, -0.2) is 53.5 Å². The van der Waals surface area contributed by atoms with E-state index < -0.39 is 41.9 Å². The van der Waals surface area contributed by atoms with Gasteiger partial charge < -0.3 is 40.9 Å². The van der Waals surface area contributed by atoms with Crippen molar-refractivity contribution in [3.8, 4) is 0 Å². The molecule has 1 heterocycles. The van der Waals surface area contributed by atoms with Gasteiger partial charge in [0.2, 0.25) is 0 Å². The second kappa shape index (κ2) is 23.1. The van der Waals surface area contributed by atoms with Crippen LogP contribution in [0.1, 0.15) is 72.1 Å². The maximum atomic E-state index is 13.0. The van der Waals surface area contributed by atoms with E-state index in [2.05, 4.69) is 33.2 Å². The van der Waals surface area contributed by atoms with Crippen LogP contribution in [0.3, 0.4) is 0 Å². The van der Waals surface area contributed by atoms with Crippen LogP contribution < -0.4 is 27.6 Å². The maximum absolute atomic E-state index is 13.0. The highest BCUT2D eigenvalue weighted by molar-refractivity contribution is 14.1. The third kappa shape index (κ3) is 17.4. The van der Waals surface area contributed by atoms with E-state index in [9.17, 15) is 26.3 Å². The molecule has 8 N–H and O–H groups in total. The molecule has 1 aliphatic heterocycles. The number of nitrogens with one attached hydrogen (secondary N) is 4. The highest BCUT2D eigenvalue weighted by atomic mass is 127. The molecule has 66 heavy (non-hydrogen) atoms. The summed E-state index contributed by atoms with van der Waals surface area (Å²) in [4.78, 5) is 0. The van der Waals surface area contributed by atoms with Crippen LogP contribution in [0, 0.1) is 10.8 Å². The Morgan fingerprint density at radius 1 is 0.667 bits per heavy atom. The molecule has 358 valence electrons. The lowest BCUT2D eigenvalue weighted by atomic mass is 9.78. The molecule has 10 nitrogen and oxygen atoms in total. The number of halogens is 9. The maximum Gasteiger partial charge on any atom is 0.494 e. The summed E-state index contributed by atoms with van der Waals surface area (Å²) in [5.74, 6) is -0.137. The fraction of sp³-hybridized carbons (Fsp3) is 0.348. The molecule has 0 amide bonds. The average molecular weight is 1080 g/mol. The second-order valence-corrected chi connectivity index (χ2v) is 18.9. The molecule has 0 radical (unpaired) electrons. The topological polar surface area (TPSA) is 161 Å². The molecule has 0 unspecified atom stereocenters. The highest BCUT2D eigenvalue weighted by Crippen LogP contribution is 2.38. The van der Waals surface area contributed by atoms with Crippen LogP contribution in [0.5, 0.6) is 0 Å². The highest BCUT2D eigenvalue weighted by Gasteiger charge is 2.52. The van der Waals surface area contributed by atoms with Gasteiger partial charge in [0.1, 0.15) is 11.7 Å². The van der Waals surface area contributed by atoms with E-state index in [0.717, 1.165) is 42.8 Å². The third-order valence-electron chi connectivity index (χ3n) is 10.0. The van der Waals surface area contributed by atoms with E-state index in [4.69, 9.17) is 64.3 Å². The Bertz CT molecular complexity index is 2320. The van der Waals surface area contributed by atoms with Gasteiger partial charge in [0, 0.05) is 39.3 Å². The summed E-state index contributed by atoms with van der Waals surface area (Å²) in [6, 6.07) is 28.7. The summed E-state index contributed by atoms with van der Waals surface area (Å²) in [5, 5.41) is 21.6. The predicted molar refractivity (Wildman–Crippen MR) is 263 cm³/mol. The first kappa shape index (κ1) is 56.0. The van der Waals surface area contributed by atoms with Crippen molar-refractivity contribution >= 4 is 87.1 Å². The Morgan fingerprint density at radius 3 is 1.50 bits per heavy atom. The van der Waals surface area contributed by atoms with Crippen molar-refractivity contribution in [3.63, 3.8) is 0 Å². The molecular formula is C46H54BCl2F6IN6O4. The molecule has 0 aromatic heterocycles. The largest absolute Gasteiger partial charge is 0.494 e. The number of hydrogen-bond acceptors (Lipinski definition) is 8. The quantitative estimate of drug-likeness (QED) is 0.0182. The number of alkyl halides is 6. The summed E-state index contributed by atoms with van der Waals surface area (Å²) >= 11 is 14.4. The number of hydrogen-bond donors (Lipinski definition) is 6. The zero-order valence-electron chi connectivity index (χ0n) is 37.6. The molecule has 5 rings (SSSR count). The van der Waals surface area contributed by atoms with Crippen LogP contribution in [0.2, 0.25) is 10.0 Å². The van der Waals surface area contributed by atoms with Crippen LogP contribution >= 0.6 is 45.8 Å². The van der Waals surface area contributed by atoms with Gasteiger partial charge in [-0.15, -0.1) is 0 Å². The van der Waals surface area contributed by atoms with E-state index in [1.54, 1.807) is 36.4 Å². The fourth-order valence-electron chi connectivity index (χ4n) is 5.31. The Labute approximate surface area is 406 Å². The lowest BCUT2D eigenvalue weighted by Crippen LogP contribution is -2.41. The lowest BCUT2D eigenvalue weighted by molar-refractivity contribution is -0.267. The smallest absolute Gasteiger partial charge is 0.399 e. The Morgan fingerprint density at radius 2 is 1.08 bits per heavy atom. The summed E-state index contributed by atoms with van der Waals surface area (Å²) < 4.78 is 101. The van der Waals surface area contributed by atoms with Crippen LogP contribution in [-0.2, 0) is 32.0 Å². The second-order valence-electron chi connectivity index (χ2n) is 16.9. The molecule has 20 heteroatoms. The van der Waals surface area contributed by atoms with Crippen LogP contribution in [0.25, 0.3) is 5.70 Å². The van der Waals surface area contributed by atoms with Gasteiger partial charge in [0.15, 0.2) is 11.2 Å². The number of rotatable bonds is 14. The van der Waals surface area contributed by atoms with Gasteiger partial charge in [-0.3, -0.25) is 10.8 Å². The van der Waals surface area contributed by atoms with E-state index in [0.29, 0.717) is 37.9 Å². The van der Waals surface area contributed by atoms with Crippen molar-refractivity contribution in [2.75, 3.05) is 10.6 Å². The van der Waals surface area contributed by atoms with E-state index in [-0.39, 0.29) is 24.9 Å². The van der Waals surface area contributed by atoms with Crippen molar-refractivity contribution in [2.45, 2.75) is 103 Å². The van der Waals surface area contributed by atoms with Crippen LogP contribution in [0.15, 0.2) is 113 Å². The Kier molecular flexibility index (Phi) is 19.6. The molecule has 4 aromatic rings. The molecule has 4 aromatic carbocycles. The Balaban J connectivity index is 0.000000279. The molecule has 1 saturated heterocycles. The van der Waals surface area contributed by atoms with Crippen molar-refractivity contribution < 1.29 is 45.1 Å². The zero-order chi connectivity index (χ0) is 49.9. The fourth-order valence-corrected chi connectivity index (χ4v) is 6.48. The van der Waals surface area contributed by atoms with Crippen molar-refractivity contribution in [1.29, 1.82) is 10.8 Å². The van der Waals surface area contributed by atoms with Crippen molar-refractivity contribution in [1.82, 2.24) is 0 Å². The van der Waals surface area contributed by atoms with Gasteiger partial charge in [0.05, 0.1) is 28.1 Å². The van der Waals surface area contributed by atoms with E-state index in [1.165, 1.54) is 12.1 Å². The number of amidine groups is 2. The first-order valence-electron chi connectivity index (χ1n) is 20.1. The molecule has 0 spiro atoms. The van der Waals surface area contributed by atoms with Gasteiger partial charge in [-0.25, -0.2) is 0 Å². The normalized spacial score (nSPS) is 15.2. The Hall–Kier alpha value is -4.31. The van der Waals surface area contributed by atoms with Gasteiger partial charge in [0.25, 0.3) is 0 Å². The minimum Gasteiger partial charge on any atom is -0.399 e. The minimum atomic E-state index is -4.50. The average Bonchev–Trinajstić information content (AvgIpc) is 3.41. The standard InChI is InChI=1S/C20H21ClF3N3O.C17H23BClF3O3.C9H10IN3/c1-19(2,20(22,23)24)28-12-13-8-14(10-15(21)9-13)17(11-18(25)26)27-16-6-4-3-5-7-16;1-14(2)15(3,4)25-18(24-14)12-7-11(8-13(19)9-12)10-23-16(5,6)17(20,21)22;10-8(6-9(11)12)13-7-4-2-1-3-5-7/h3-11,27H,12H2,1-2H3,(H3,25,26);7-9H,10H2,1-6H3;1-6,13H,(H3,11,12)/b17-11-;;8-6-. The van der Waals surface area contributed by atoms with E-state index >= 15 is 0 Å². The summed E-state index contributed by atoms with van der Waals surface area (Å²) in [7, 11) is -0.641. The molecule has 0 atom stereocenters. The van der Waals surface area contributed by atoms with Crippen LogP contribution in [0.4, 0.5) is 37.7 Å². The third-order valence-corrected chi connectivity index (χ3v) is 11.0. The number of para-hydroxylation sites is 2. The first-order valence-corrected chi connectivity index (χ1v) is 21.9. The number of nitrogens with two attached hydrogens (primary N) is 2. The SMILES string of the molecule is CC(C)(OCc1cc(Cl)cc(/C(=C/C(=N)N)Nc2ccccc2)c1)C(F)(F)F.CC(C)(OCc1cc(Cl)cc(B2OC(C)(C)C(C)(C)O2)c1)C(F)(F)F.N=C(N)/C=C(/I)Nc1ccccc1. The van der Waals surface area contributed by atoms with Gasteiger partial charge in [-0.1, -0.05) is 65.7 Å². The number of anilines is 2. The molecular weight excluding hydrogens is 1020 g/mol. The number of ether oxygens (including phenoxy) is 2. The van der Waals surface area contributed by atoms with Gasteiger partial charge in [-0.2, -0.15) is 26.3 Å². The monoisotopic (exact) mass is 1080 g/mol. The van der Waals surface area contributed by atoms with E-state index in [1.807, 2.05) is 88.4 Å². The van der Waals surface area contributed by atoms with Crippen molar-refractivity contribution in [3.05, 3.63) is 140 Å². The molecule has 1 aliphatic rings. The summed E-state index contributed by atoms with van der Waals surface area (Å²) in [5.41, 5.74) is 9.56. The number of benzene rings is 4. The minimum absolute atomic E-state index is 0.0489. The zero-order valence-corrected chi connectivity index (χ0v) is 41.2. The molecule has 1 fully saturated rings. The lowest BCUT2D eigenvalue weighted by Gasteiger charge is -2.32. The molecule has 0 saturated carbocycles. The van der Waals surface area contributed by atoms with Gasteiger partial charge in [-0.05, 0) is 155 Å². The predicted octanol–water partition coefficient (Wildman–Crippen LogP) is 12.4. The first-order chi connectivity index (χ1) is 30.3. The molecule has 0 bridgehead atoms. The summed E-state index contributed by atoms with van der Waals surface area (Å²) in [6.45, 7) is 11.1.